The summed E-state index contributed by atoms with van der Waals surface area (Å²) in [5.41, 5.74) is 0.895. The number of amides is 3. The Morgan fingerprint density at radius 3 is 2.19 bits per heavy atom. The third-order valence-corrected chi connectivity index (χ3v) is 5.84. The molecule has 0 aliphatic heterocycles. The van der Waals surface area contributed by atoms with Gasteiger partial charge in [-0.2, -0.15) is 0 Å². The van der Waals surface area contributed by atoms with Gasteiger partial charge in [-0.25, -0.2) is 4.79 Å². The fourth-order valence-electron chi connectivity index (χ4n) is 3.74. The van der Waals surface area contributed by atoms with E-state index in [1.807, 2.05) is 13.8 Å². The number of hydrogen-bond donors (Lipinski definition) is 3. The van der Waals surface area contributed by atoms with E-state index in [-0.39, 0.29) is 11.8 Å². The van der Waals surface area contributed by atoms with Crippen LogP contribution < -0.4 is 15.4 Å². The fraction of sp³-hybridized carbons (Fsp3) is 0.464. The van der Waals surface area contributed by atoms with E-state index in [0.717, 1.165) is 0 Å². The van der Waals surface area contributed by atoms with E-state index in [0.29, 0.717) is 29.0 Å². The van der Waals surface area contributed by atoms with Crippen molar-refractivity contribution in [1.82, 2.24) is 10.2 Å². The van der Waals surface area contributed by atoms with Crippen LogP contribution in [0.25, 0.3) is 0 Å². The van der Waals surface area contributed by atoms with Gasteiger partial charge in [0.15, 0.2) is 0 Å². The number of anilines is 1. The molecule has 9 nitrogen and oxygen atoms in total. The molecule has 0 bridgehead atoms. The number of carbonyl (C=O) groups is 3. The molecule has 0 fully saturated rings. The highest BCUT2D eigenvalue weighted by Gasteiger charge is 2.37. The SMILES string of the molecule is CCC(C)N(C(=O)C(C)NC(=O)OC(C)(C)C)C(C(=O)Nc1ccc(OC)cc1)c1ccc(O)c(C)c1. The van der Waals surface area contributed by atoms with Crippen LogP contribution in [-0.2, 0) is 14.3 Å². The zero-order chi connectivity index (χ0) is 27.9. The molecule has 3 atom stereocenters. The van der Waals surface area contributed by atoms with Crippen LogP contribution in [0.1, 0.15) is 65.1 Å². The van der Waals surface area contributed by atoms with Crippen molar-refractivity contribution in [2.45, 2.75) is 78.6 Å². The summed E-state index contributed by atoms with van der Waals surface area (Å²) >= 11 is 0. The second-order valence-electron chi connectivity index (χ2n) is 10.0. The highest BCUT2D eigenvalue weighted by Crippen LogP contribution is 2.30. The van der Waals surface area contributed by atoms with Crippen molar-refractivity contribution in [3.8, 4) is 11.5 Å². The molecule has 2 aromatic rings. The molecule has 0 aromatic heterocycles. The number of aryl methyl sites for hydroxylation is 1. The monoisotopic (exact) mass is 513 g/mol. The molecule has 0 aliphatic rings. The quantitative estimate of drug-likeness (QED) is 0.438. The molecule has 3 N–H and O–H groups in total. The predicted octanol–water partition coefficient (Wildman–Crippen LogP) is 4.93. The van der Waals surface area contributed by atoms with Gasteiger partial charge in [0.2, 0.25) is 5.91 Å². The van der Waals surface area contributed by atoms with Crippen molar-refractivity contribution in [3.63, 3.8) is 0 Å². The largest absolute Gasteiger partial charge is 0.508 e. The van der Waals surface area contributed by atoms with Crippen molar-refractivity contribution >= 4 is 23.6 Å². The van der Waals surface area contributed by atoms with Crippen molar-refractivity contribution < 1.29 is 29.0 Å². The van der Waals surface area contributed by atoms with Crippen LogP contribution in [0.4, 0.5) is 10.5 Å². The van der Waals surface area contributed by atoms with Crippen LogP contribution in [0, 0.1) is 6.92 Å². The van der Waals surface area contributed by atoms with Crippen LogP contribution in [0.15, 0.2) is 42.5 Å². The highest BCUT2D eigenvalue weighted by atomic mass is 16.6. The average Bonchev–Trinajstić information content (AvgIpc) is 2.82. The maximum Gasteiger partial charge on any atom is 0.408 e. The molecule has 2 aromatic carbocycles. The third kappa shape index (κ3) is 8.13. The summed E-state index contributed by atoms with van der Waals surface area (Å²) in [5, 5.41) is 15.6. The van der Waals surface area contributed by atoms with Crippen molar-refractivity contribution in [3.05, 3.63) is 53.6 Å². The summed E-state index contributed by atoms with van der Waals surface area (Å²) < 4.78 is 10.5. The molecular formula is C28H39N3O6. The molecular weight excluding hydrogens is 474 g/mol. The number of phenols is 1. The van der Waals surface area contributed by atoms with Gasteiger partial charge in [0.05, 0.1) is 7.11 Å². The molecule has 9 heteroatoms. The Morgan fingerprint density at radius 2 is 1.68 bits per heavy atom. The van der Waals surface area contributed by atoms with E-state index >= 15 is 0 Å². The number of nitrogens with one attached hydrogen (secondary N) is 2. The first-order chi connectivity index (χ1) is 17.3. The van der Waals surface area contributed by atoms with E-state index in [1.165, 1.54) is 11.0 Å². The van der Waals surface area contributed by atoms with E-state index < -0.39 is 35.6 Å². The number of alkyl carbamates (subject to hydrolysis) is 1. The minimum Gasteiger partial charge on any atom is -0.508 e. The van der Waals surface area contributed by atoms with Gasteiger partial charge in [-0.15, -0.1) is 0 Å². The Hall–Kier alpha value is -3.75. The van der Waals surface area contributed by atoms with Gasteiger partial charge in [-0.1, -0.05) is 13.0 Å². The second kappa shape index (κ2) is 12.5. The first-order valence-corrected chi connectivity index (χ1v) is 12.3. The molecule has 202 valence electrons. The number of ether oxygens (including phenoxy) is 2. The molecule has 0 heterocycles. The molecule has 0 saturated carbocycles. The maximum atomic E-state index is 13.8. The van der Waals surface area contributed by atoms with Crippen LogP contribution >= 0.6 is 0 Å². The molecule has 37 heavy (non-hydrogen) atoms. The lowest BCUT2D eigenvalue weighted by Gasteiger charge is -2.37. The topological polar surface area (TPSA) is 117 Å². The second-order valence-corrected chi connectivity index (χ2v) is 10.0. The maximum absolute atomic E-state index is 13.8. The first-order valence-electron chi connectivity index (χ1n) is 12.3. The lowest BCUT2D eigenvalue weighted by molar-refractivity contribution is -0.143. The zero-order valence-corrected chi connectivity index (χ0v) is 22.9. The predicted molar refractivity (Wildman–Crippen MR) is 143 cm³/mol. The lowest BCUT2D eigenvalue weighted by atomic mass is 9.98. The number of carbonyl (C=O) groups excluding carboxylic acids is 3. The zero-order valence-electron chi connectivity index (χ0n) is 22.9. The van der Waals surface area contributed by atoms with E-state index in [4.69, 9.17) is 9.47 Å². The minimum absolute atomic E-state index is 0.0828. The standard InChI is InChI=1S/C28H39N3O6/c1-9-18(3)31(26(34)19(4)29-27(35)37-28(5,6)7)24(20-10-15-23(32)17(2)16-20)25(33)30-21-11-13-22(36-8)14-12-21/h10-16,18-19,24,32H,9H2,1-8H3,(H,29,35)(H,30,33). The smallest absolute Gasteiger partial charge is 0.408 e. The number of methoxy groups -OCH3 is 1. The third-order valence-electron chi connectivity index (χ3n) is 5.84. The van der Waals surface area contributed by atoms with Gasteiger partial charge >= 0.3 is 6.09 Å². The lowest BCUT2D eigenvalue weighted by Crippen LogP contribution is -2.53. The van der Waals surface area contributed by atoms with Crippen LogP contribution in [0.3, 0.4) is 0 Å². The average molecular weight is 514 g/mol. The number of rotatable bonds is 9. The Balaban J connectivity index is 2.48. The molecule has 0 aliphatic carbocycles. The number of hydrogen-bond acceptors (Lipinski definition) is 6. The molecule has 0 saturated heterocycles. The van der Waals surface area contributed by atoms with Gasteiger partial charge in [-0.3, -0.25) is 9.59 Å². The number of phenolic OH excluding ortho intramolecular Hbond substituents is 1. The van der Waals surface area contributed by atoms with Crippen LogP contribution in [-0.4, -0.2) is 52.7 Å². The van der Waals surface area contributed by atoms with Crippen molar-refractivity contribution in [1.29, 1.82) is 0 Å². The summed E-state index contributed by atoms with van der Waals surface area (Å²) in [6.07, 6.45) is -0.161. The molecule has 2 rings (SSSR count). The summed E-state index contributed by atoms with van der Waals surface area (Å²) in [4.78, 5) is 41.4. The molecule has 0 radical (unpaired) electrons. The summed E-state index contributed by atoms with van der Waals surface area (Å²) in [7, 11) is 1.55. The fourth-order valence-corrected chi connectivity index (χ4v) is 3.74. The summed E-state index contributed by atoms with van der Waals surface area (Å²) in [5.74, 6) is -0.157. The van der Waals surface area contributed by atoms with E-state index in [9.17, 15) is 19.5 Å². The molecule has 3 unspecified atom stereocenters. The molecule has 3 amide bonds. The number of nitrogens with zero attached hydrogens (tertiary/aromatic N) is 1. The Kier molecular flexibility index (Phi) is 9.94. The number of benzene rings is 2. The normalized spacial score (nSPS) is 13.6. The summed E-state index contributed by atoms with van der Waals surface area (Å²) in [6, 6.07) is 9.31. The van der Waals surface area contributed by atoms with Gasteiger partial charge in [0.1, 0.15) is 29.2 Å². The van der Waals surface area contributed by atoms with Gasteiger partial charge in [0, 0.05) is 11.7 Å². The summed E-state index contributed by atoms with van der Waals surface area (Å²) in [6.45, 7) is 12.2. The van der Waals surface area contributed by atoms with Gasteiger partial charge in [0.25, 0.3) is 5.91 Å². The van der Waals surface area contributed by atoms with Crippen molar-refractivity contribution in [2.75, 3.05) is 12.4 Å². The first kappa shape index (κ1) is 29.5. The van der Waals surface area contributed by atoms with Gasteiger partial charge in [-0.05, 0) is 95.5 Å². The highest BCUT2D eigenvalue weighted by molar-refractivity contribution is 5.99. The number of aromatic hydroxyl groups is 1. The van der Waals surface area contributed by atoms with E-state index in [2.05, 4.69) is 10.6 Å². The van der Waals surface area contributed by atoms with Gasteiger partial charge < -0.3 is 30.1 Å². The Morgan fingerprint density at radius 1 is 1.05 bits per heavy atom. The van der Waals surface area contributed by atoms with Crippen LogP contribution in [0.2, 0.25) is 0 Å². The van der Waals surface area contributed by atoms with Crippen LogP contribution in [0.5, 0.6) is 11.5 Å². The molecule has 0 spiro atoms. The Bertz CT molecular complexity index is 1090. The minimum atomic E-state index is -1.04. The van der Waals surface area contributed by atoms with E-state index in [1.54, 1.807) is 78.1 Å². The Labute approximate surface area is 219 Å². The van der Waals surface area contributed by atoms with Crippen molar-refractivity contribution in [2.24, 2.45) is 0 Å².